The summed E-state index contributed by atoms with van der Waals surface area (Å²) in [6.45, 7) is 2.85. The van der Waals surface area contributed by atoms with Gasteiger partial charge in [-0.15, -0.1) is 11.8 Å². The number of hydrogen-bond acceptors (Lipinski definition) is 3. The van der Waals surface area contributed by atoms with E-state index in [0.717, 1.165) is 37.2 Å². The number of carbonyl (C=O) groups excluding carboxylic acids is 1. The van der Waals surface area contributed by atoms with Crippen LogP contribution in [0.3, 0.4) is 0 Å². The molecule has 3 nitrogen and oxygen atoms in total. The normalized spacial score (nSPS) is 18.8. The van der Waals surface area contributed by atoms with Gasteiger partial charge in [0.2, 0.25) is 5.91 Å². The van der Waals surface area contributed by atoms with Gasteiger partial charge >= 0.3 is 0 Å². The van der Waals surface area contributed by atoms with E-state index >= 15 is 0 Å². The lowest BCUT2D eigenvalue weighted by Crippen LogP contribution is -2.37. The average Bonchev–Trinajstić information content (AvgIpc) is 2.89. The second-order valence-corrected chi connectivity index (χ2v) is 5.90. The smallest absolute Gasteiger partial charge is 0.240 e. The van der Waals surface area contributed by atoms with Crippen molar-refractivity contribution in [3.8, 4) is 0 Å². The van der Waals surface area contributed by atoms with Gasteiger partial charge in [0.05, 0.1) is 5.25 Å². The fourth-order valence-corrected chi connectivity index (χ4v) is 3.45. The van der Waals surface area contributed by atoms with Crippen molar-refractivity contribution in [3.63, 3.8) is 0 Å². The van der Waals surface area contributed by atoms with E-state index in [1.165, 1.54) is 0 Å². The molecular formula is C14H20N2OS. The SMILES string of the molecule is CCCN(C(=O)C1CCCS1)c1cccc(N)c1. The van der Waals surface area contributed by atoms with E-state index in [1.807, 2.05) is 29.2 Å². The molecule has 1 aromatic carbocycles. The standard InChI is InChI=1S/C14H20N2OS/c1-2-8-16(12-6-3-5-11(15)10-12)14(17)13-7-4-9-18-13/h3,5-6,10,13H,2,4,7-9,15H2,1H3. The van der Waals surface area contributed by atoms with Gasteiger partial charge in [0, 0.05) is 17.9 Å². The molecule has 1 aliphatic heterocycles. The van der Waals surface area contributed by atoms with Crippen LogP contribution >= 0.6 is 11.8 Å². The van der Waals surface area contributed by atoms with Crippen LogP contribution in [-0.4, -0.2) is 23.5 Å². The van der Waals surface area contributed by atoms with Crippen LogP contribution < -0.4 is 10.6 Å². The Bertz CT molecular complexity index is 416. The maximum absolute atomic E-state index is 12.5. The molecule has 1 aromatic rings. The Morgan fingerprint density at radius 2 is 2.39 bits per heavy atom. The molecule has 0 bridgehead atoms. The molecule has 18 heavy (non-hydrogen) atoms. The Balaban J connectivity index is 2.19. The van der Waals surface area contributed by atoms with Gasteiger partial charge in [0.15, 0.2) is 0 Å². The van der Waals surface area contributed by atoms with Gasteiger partial charge in [-0.05, 0) is 43.2 Å². The summed E-state index contributed by atoms with van der Waals surface area (Å²) in [7, 11) is 0. The number of nitrogen functional groups attached to an aromatic ring is 1. The summed E-state index contributed by atoms with van der Waals surface area (Å²) in [4.78, 5) is 14.4. The maximum atomic E-state index is 12.5. The molecule has 1 saturated heterocycles. The Morgan fingerprint density at radius 3 is 3.00 bits per heavy atom. The first-order chi connectivity index (χ1) is 8.72. The number of thioether (sulfide) groups is 1. The molecular weight excluding hydrogens is 244 g/mol. The summed E-state index contributed by atoms with van der Waals surface area (Å²) < 4.78 is 0. The number of nitrogens with zero attached hydrogens (tertiary/aromatic N) is 1. The number of rotatable bonds is 4. The molecule has 0 saturated carbocycles. The summed E-state index contributed by atoms with van der Waals surface area (Å²) in [5.74, 6) is 1.35. The predicted molar refractivity (Wildman–Crippen MR) is 79.0 cm³/mol. The fraction of sp³-hybridized carbons (Fsp3) is 0.500. The summed E-state index contributed by atoms with van der Waals surface area (Å²) >= 11 is 1.78. The third kappa shape index (κ3) is 2.99. The van der Waals surface area contributed by atoms with Gasteiger partial charge in [-0.25, -0.2) is 0 Å². The summed E-state index contributed by atoms with van der Waals surface area (Å²) in [6.07, 6.45) is 3.11. The van der Waals surface area contributed by atoms with E-state index in [9.17, 15) is 4.79 Å². The lowest BCUT2D eigenvalue weighted by Gasteiger charge is -2.25. The Hall–Kier alpha value is -1.16. The monoisotopic (exact) mass is 264 g/mol. The van der Waals surface area contributed by atoms with Gasteiger partial charge in [-0.3, -0.25) is 4.79 Å². The average molecular weight is 264 g/mol. The van der Waals surface area contributed by atoms with E-state index in [2.05, 4.69) is 6.92 Å². The molecule has 4 heteroatoms. The molecule has 0 spiro atoms. The lowest BCUT2D eigenvalue weighted by molar-refractivity contribution is -0.118. The molecule has 2 N–H and O–H groups in total. The number of benzene rings is 1. The molecule has 98 valence electrons. The third-order valence-electron chi connectivity index (χ3n) is 3.10. The molecule has 1 aliphatic rings. The van der Waals surface area contributed by atoms with Crippen molar-refractivity contribution in [2.24, 2.45) is 0 Å². The van der Waals surface area contributed by atoms with Crippen LogP contribution in [-0.2, 0) is 4.79 Å². The lowest BCUT2D eigenvalue weighted by atomic mass is 10.2. The van der Waals surface area contributed by atoms with Crippen LogP contribution in [0.25, 0.3) is 0 Å². The number of nitrogens with two attached hydrogens (primary N) is 1. The zero-order chi connectivity index (χ0) is 13.0. The minimum absolute atomic E-state index is 0.137. The van der Waals surface area contributed by atoms with Crippen LogP contribution in [0.1, 0.15) is 26.2 Å². The zero-order valence-electron chi connectivity index (χ0n) is 10.8. The highest BCUT2D eigenvalue weighted by atomic mass is 32.2. The van der Waals surface area contributed by atoms with Gasteiger partial charge in [0.1, 0.15) is 0 Å². The highest BCUT2D eigenvalue weighted by molar-refractivity contribution is 8.00. The first kappa shape index (κ1) is 13.3. The summed E-state index contributed by atoms with van der Waals surface area (Å²) in [5.41, 5.74) is 7.44. The summed E-state index contributed by atoms with van der Waals surface area (Å²) in [5, 5.41) is 0.137. The highest BCUT2D eigenvalue weighted by Gasteiger charge is 2.28. The number of hydrogen-bond donors (Lipinski definition) is 1. The molecule has 2 rings (SSSR count). The van der Waals surface area contributed by atoms with Gasteiger partial charge < -0.3 is 10.6 Å². The van der Waals surface area contributed by atoms with Crippen molar-refractivity contribution in [2.75, 3.05) is 22.9 Å². The van der Waals surface area contributed by atoms with Crippen molar-refractivity contribution < 1.29 is 4.79 Å². The number of carbonyl (C=O) groups is 1. The number of anilines is 2. The molecule has 1 fully saturated rings. The topological polar surface area (TPSA) is 46.3 Å². The second kappa shape index (κ2) is 6.14. The van der Waals surface area contributed by atoms with E-state index in [1.54, 1.807) is 11.8 Å². The molecule has 0 aromatic heterocycles. The summed E-state index contributed by atoms with van der Waals surface area (Å²) in [6, 6.07) is 7.60. The van der Waals surface area contributed by atoms with Crippen molar-refractivity contribution in [3.05, 3.63) is 24.3 Å². The minimum atomic E-state index is 0.137. The van der Waals surface area contributed by atoms with E-state index < -0.39 is 0 Å². The molecule has 0 aliphatic carbocycles. The zero-order valence-corrected chi connectivity index (χ0v) is 11.6. The molecule has 1 atom stereocenters. The Kier molecular flexibility index (Phi) is 4.53. The van der Waals surface area contributed by atoms with E-state index in [4.69, 9.17) is 5.73 Å². The molecule has 1 heterocycles. The van der Waals surface area contributed by atoms with E-state index in [0.29, 0.717) is 5.69 Å². The van der Waals surface area contributed by atoms with Crippen LogP contribution in [0.4, 0.5) is 11.4 Å². The highest BCUT2D eigenvalue weighted by Crippen LogP contribution is 2.30. The fourth-order valence-electron chi connectivity index (χ4n) is 2.23. The Morgan fingerprint density at radius 1 is 1.56 bits per heavy atom. The van der Waals surface area contributed by atoms with Gasteiger partial charge in [-0.2, -0.15) is 0 Å². The van der Waals surface area contributed by atoms with Crippen LogP contribution in [0.2, 0.25) is 0 Å². The first-order valence-electron chi connectivity index (χ1n) is 6.51. The van der Waals surface area contributed by atoms with Gasteiger partial charge in [0.25, 0.3) is 0 Å². The van der Waals surface area contributed by atoms with Crippen molar-refractivity contribution in [1.29, 1.82) is 0 Å². The molecule has 1 amide bonds. The third-order valence-corrected chi connectivity index (χ3v) is 4.46. The maximum Gasteiger partial charge on any atom is 0.240 e. The predicted octanol–water partition coefficient (Wildman–Crippen LogP) is 2.91. The van der Waals surface area contributed by atoms with Gasteiger partial charge in [-0.1, -0.05) is 13.0 Å². The van der Waals surface area contributed by atoms with Crippen molar-refractivity contribution in [1.82, 2.24) is 0 Å². The van der Waals surface area contributed by atoms with Crippen LogP contribution in [0, 0.1) is 0 Å². The second-order valence-electron chi connectivity index (χ2n) is 4.59. The number of amides is 1. The molecule has 1 unspecified atom stereocenters. The van der Waals surface area contributed by atoms with Crippen molar-refractivity contribution >= 4 is 29.0 Å². The van der Waals surface area contributed by atoms with Crippen LogP contribution in [0.15, 0.2) is 24.3 Å². The largest absolute Gasteiger partial charge is 0.399 e. The first-order valence-corrected chi connectivity index (χ1v) is 7.55. The van der Waals surface area contributed by atoms with Crippen molar-refractivity contribution in [2.45, 2.75) is 31.4 Å². The minimum Gasteiger partial charge on any atom is -0.399 e. The molecule has 0 radical (unpaired) electrons. The van der Waals surface area contributed by atoms with Crippen LogP contribution in [0.5, 0.6) is 0 Å². The Labute approximate surface area is 113 Å². The van der Waals surface area contributed by atoms with E-state index in [-0.39, 0.29) is 11.2 Å². The quantitative estimate of drug-likeness (QED) is 0.851.